The van der Waals surface area contributed by atoms with Crippen LogP contribution in [0.1, 0.15) is 39.2 Å². The molecule has 33 heavy (non-hydrogen) atoms. The highest BCUT2D eigenvalue weighted by Gasteiger charge is 2.24. The van der Waals surface area contributed by atoms with E-state index in [4.69, 9.17) is 10.1 Å². The van der Waals surface area contributed by atoms with Gasteiger partial charge >= 0.3 is 0 Å². The minimum atomic E-state index is 0.124. The molecular weight excluding hydrogens is 430 g/mol. The van der Waals surface area contributed by atoms with Gasteiger partial charge in [-0.25, -0.2) is 4.68 Å². The van der Waals surface area contributed by atoms with E-state index in [0.29, 0.717) is 6.54 Å². The van der Waals surface area contributed by atoms with Crippen molar-refractivity contribution >= 4 is 32.7 Å². The van der Waals surface area contributed by atoms with Crippen molar-refractivity contribution in [3.8, 4) is 5.69 Å². The van der Waals surface area contributed by atoms with Crippen molar-refractivity contribution in [3.63, 3.8) is 0 Å². The summed E-state index contributed by atoms with van der Waals surface area (Å²) in [5, 5.41) is 5.74. The minimum absolute atomic E-state index is 0.124. The molecule has 5 rings (SSSR count). The Kier molecular flexibility index (Phi) is 5.66. The first kappa shape index (κ1) is 21.6. The molecule has 1 saturated heterocycles. The molecule has 6 nitrogen and oxygen atoms in total. The maximum atomic E-state index is 13.2. The zero-order valence-corrected chi connectivity index (χ0v) is 20.4. The van der Waals surface area contributed by atoms with E-state index in [9.17, 15) is 4.79 Å². The first-order chi connectivity index (χ1) is 15.9. The summed E-state index contributed by atoms with van der Waals surface area (Å²) in [6.45, 7) is 11.4. The van der Waals surface area contributed by atoms with Crippen LogP contribution in [0, 0.1) is 27.7 Å². The first-order valence-corrected chi connectivity index (χ1v) is 12.3. The zero-order valence-electron chi connectivity index (χ0n) is 19.6. The molecule has 1 fully saturated rings. The van der Waals surface area contributed by atoms with Crippen molar-refractivity contribution < 1.29 is 4.79 Å². The normalized spacial score (nSPS) is 14.7. The number of aryl methyl sites for hydroxylation is 4. The Bertz CT molecular complexity index is 1300. The lowest BCUT2D eigenvalue weighted by molar-refractivity contribution is 0.0767. The van der Waals surface area contributed by atoms with E-state index in [1.807, 2.05) is 42.5 Å². The summed E-state index contributed by atoms with van der Waals surface area (Å²) in [4.78, 5) is 22.4. The Morgan fingerprint density at radius 2 is 1.61 bits per heavy atom. The van der Waals surface area contributed by atoms with Crippen LogP contribution in [0.25, 0.3) is 16.0 Å². The Hall–Kier alpha value is -3.19. The molecule has 4 aromatic rings. The van der Waals surface area contributed by atoms with Gasteiger partial charge in [-0.3, -0.25) is 4.79 Å². The van der Waals surface area contributed by atoms with Crippen LogP contribution in [-0.4, -0.2) is 51.8 Å². The SMILES string of the molecule is Cc1ccc(-n2nc(C)c3sc(N4CCCN(C(=O)c5cc(C)cc(C)c5)CC4)nc32)cc1. The van der Waals surface area contributed by atoms with Crippen molar-refractivity contribution in [3.05, 3.63) is 70.4 Å². The van der Waals surface area contributed by atoms with Crippen molar-refractivity contribution in [2.75, 3.05) is 31.1 Å². The van der Waals surface area contributed by atoms with E-state index in [0.717, 1.165) is 69.6 Å². The quantitative estimate of drug-likeness (QED) is 0.429. The van der Waals surface area contributed by atoms with Crippen molar-refractivity contribution in [2.24, 2.45) is 0 Å². The van der Waals surface area contributed by atoms with Crippen molar-refractivity contribution in [2.45, 2.75) is 34.1 Å². The summed E-state index contributed by atoms with van der Waals surface area (Å²) in [6, 6.07) is 14.5. The molecule has 1 amide bonds. The molecular formula is C26H29N5OS. The van der Waals surface area contributed by atoms with Crippen LogP contribution in [0.15, 0.2) is 42.5 Å². The fraction of sp³-hybridized carbons (Fsp3) is 0.346. The van der Waals surface area contributed by atoms with Crippen LogP contribution in [0.2, 0.25) is 0 Å². The average Bonchev–Trinajstić information content (AvgIpc) is 3.24. The van der Waals surface area contributed by atoms with Gasteiger partial charge in [-0.15, -0.1) is 0 Å². The number of anilines is 1. The van der Waals surface area contributed by atoms with Gasteiger partial charge in [-0.2, -0.15) is 10.1 Å². The summed E-state index contributed by atoms with van der Waals surface area (Å²) >= 11 is 1.70. The third-order valence-corrected chi connectivity index (χ3v) is 7.39. The summed E-state index contributed by atoms with van der Waals surface area (Å²) in [5.41, 5.74) is 7.19. The van der Waals surface area contributed by atoms with Gasteiger partial charge in [0.05, 0.1) is 16.1 Å². The van der Waals surface area contributed by atoms with E-state index in [1.165, 1.54) is 5.56 Å². The Morgan fingerprint density at radius 3 is 2.33 bits per heavy atom. The van der Waals surface area contributed by atoms with E-state index in [2.05, 4.69) is 42.2 Å². The van der Waals surface area contributed by atoms with Crippen LogP contribution < -0.4 is 4.90 Å². The highest BCUT2D eigenvalue weighted by atomic mass is 32.1. The maximum Gasteiger partial charge on any atom is 0.253 e. The number of carbonyl (C=O) groups is 1. The summed E-state index contributed by atoms with van der Waals surface area (Å²) < 4.78 is 3.07. The van der Waals surface area contributed by atoms with E-state index in [-0.39, 0.29) is 5.91 Å². The number of amides is 1. The van der Waals surface area contributed by atoms with E-state index in [1.54, 1.807) is 11.3 Å². The second-order valence-electron chi connectivity index (χ2n) is 8.99. The maximum absolute atomic E-state index is 13.2. The molecule has 170 valence electrons. The van der Waals surface area contributed by atoms with Crippen LogP contribution in [0.3, 0.4) is 0 Å². The number of thiazole rings is 1. The highest BCUT2D eigenvalue weighted by molar-refractivity contribution is 7.22. The smallest absolute Gasteiger partial charge is 0.253 e. The molecule has 2 aromatic heterocycles. The van der Waals surface area contributed by atoms with Gasteiger partial charge in [0.15, 0.2) is 10.8 Å². The van der Waals surface area contributed by atoms with Crippen LogP contribution in [0.4, 0.5) is 5.13 Å². The van der Waals surface area contributed by atoms with Gasteiger partial charge in [0.2, 0.25) is 0 Å². The standard InChI is InChI=1S/C26H29N5OS/c1-17-6-8-22(9-7-17)31-24-23(20(4)28-31)33-26(27-24)30-11-5-10-29(12-13-30)25(32)21-15-18(2)14-19(3)16-21/h6-9,14-16H,5,10-13H2,1-4H3. The predicted molar refractivity (Wildman–Crippen MR) is 135 cm³/mol. The molecule has 0 atom stereocenters. The number of carbonyl (C=O) groups excluding carboxylic acids is 1. The molecule has 1 aliphatic rings. The molecule has 2 aromatic carbocycles. The third-order valence-electron chi connectivity index (χ3n) is 6.18. The Morgan fingerprint density at radius 1 is 0.879 bits per heavy atom. The topological polar surface area (TPSA) is 54.3 Å². The van der Waals surface area contributed by atoms with Crippen LogP contribution in [-0.2, 0) is 0 Å². The number of benzene rings is 2. The third kappa shape index (κ3) is 4.25. The second kappa shape index (κ2) is 8.63. The zero-order chi connectivity index (χ0) is 23.1. The largest absolute Gasteiger partial charge is 0.346 e. The number of hydrogen-bond acceptors (Lipinski definition) is 5. The van der Waals surface area contributed by atoms with Gasteiger partial charge in [0.1, 0.15) is 0 Å². The minimum Gasteiger partial charge on any atom is -0.346 e. The molecule has 0 saturated carbocycles. The Labute approximate surface area is 198 Å². The molecule has 0 radical (unpaired) electrons. The number of rotatable bonds is 3. The number of aromatic nitrogens is 3. The van der Waals surface area contributed by atoms with Gasteiger partial charge in [0.25, 0.3) is 5.91 Å². The molecule has 7 heteroatoms. The monoisotopic (exact) mass is 459 g/mol. The fourth-order valence-corrected chi connectivity index (χ4v) is 5.56. The summed E-state index contributed by atoms with van der Waals surface area (Å²) in [5.74, 6) is 0.124. The van der Waals surface area contributed by atoms with Gasteiger partial charge in [-0.05, 0) is 58.4 Å². The highest BCUT2D eigenvalue weighted by Crippen LogP contribution is 2.33. The first-order valence-electron chi connectivity index (χ1n) is 11.4. The van der Waals surface area contributed by atoms with Gasteiger partial charge in [-0.1, -0.05) is 46.2 Å². The second-order valence-corrected chi connectivity index (χ2v) is 9.97. The van der Waals surface area contributed by atoms with Crippen LogP contribution >= 0.6 is 11.3 Å². The van der Waals surface area contributed by atoms with Crippen LogP contribution in [0.5, 0.6) is 0 Å². The number of fused-ring (bicyclic) bond motifs is 1. The molecule has 0 bridgehead atoms. The summed E-state index contributed by atoms with van der Waals surface area (Å²) in [7, 11) is 0. The molecule has 0 aliphatic carbocycles. The lowest BCUT2D eigenvalue weighted by atomic mass is 10.1. The van der Waals surface area contributed by atoms with E-state index >= 15 is 0 Å². The van der Waals surface area contributed by atoms with Gasteiger partial charge in [0, 0.05) is 31.7 Å². The number of nitrogens with zero attached hydrogens (tertiary/aromatic N) is 5. The Balaban J connectivity index is 1.37. The molecule has 3 heterocycles. The molecule has 1 aliphatic heterocycles. The molecule has 0 unspecified atom stereocenters. The van der Waals surface area contributed by atoms with Crippen molar-refractivity contribution in [1.82, 2.24) is 19.7 Å². The predicted octanol–water partition coefficient (Wildman–Crippen LogP) is 5.07. The summed E-state index contributed by atoms with van der Waals surface area (Å²) in [6.07, 6.45) is 0.926. The van der Waals surface area contributed by atoms with Gasteiger partial charge < -0.3 is 9.80 Å². The van der Waals surface area contributed by atoms with E-state index < -0.39 is 0 Å². The molecule has 0 N–H and O–H groups in total. The van der Waals surface area contributed by atoms with Crippen molar-refractivity contribution in [1.29, 1.82) is 0 Å². The lowest BCUT2D eigenvalue weighted by Gasteiger charge is -2.22. The lowest BCUT2D eigenvalue weighted by Crippen LogP contribution is -2.35. The average molecular weight is 460 g/mol. The molecule has 0 spiro atoms. The fourth-order valence-electron chi connectivity index (χ4n) is 4.52. The number of hydrogen-bond donors (Lipinski definition) is 0.